The lowest BCUT2D eigenvalue weighted by Crippen LogP contribution is -2.29. The molecule has 4 aromatic rings. The van der Waals surface area contributed by atoms with Crippen molar-refractivity contribution < 1.29 is 19.3 Å². The van der Waals surface area contributed by atoms with Crippen LogP contribution in [0.3, 0.4) is 0 Å². The lowest BCUT2D eigenvalue weighted by Gasteiger charge is -2.16. The van der Waals surface area contributed by atoms with Gasteiger partial charge >= 0.3 is 0 Å². The van der Waals surface area contributed by atoms with Gasteiger partial charge in [0.15, 0.2) is 29.3 Å². The number of tetrazole rings is 1. The highest BCUT2D eigenvalue weighted by Gasteiger charge is 2.47. The van der Waals surface area contributed by atoms with Gasteiger partial charge in [-0.05, 0) is 35.9 Å². The number of halogens is 3. The summed E-state index contributed by atoms with van der Waals surface area (Å²) in [4.78, 5) is 14.0. The Morgan fingerprint density at radius 1 is 1.21 bits per heavy atom. The van der Waals surface area contributed by atoms with Crippen LogP contribution in [0.5, 0.6) is 0 Å². The molecule has 15 heteroatoms. The maximum Gasteiger partial charge on any atom is 0.226 e. The first kappa shape index (κ1) is 22.8. The number of aromatic nitrogens is 8. The molecule has 3 N–H and O–H groups in total. The van der Waals surface area contributed by atoms with Gasteiger partial charge in [0.2, 0.25) is 11.1 Å². The van der Waals surface area contributed by atoms with Crippen molar-refractivity contribution in [3.05, 3.63) is 52.0 Å². The summed E-state index contributed by atoms with van der Waals surface area (Å²) >= 11 is 11.9. The molecule has 0 bridgehead atoms. The zero-order chi connectivity index (χ0) is 24.0. The number of ether oxygens (including phenoxy) is 1. The normalized spacial score (nSPS) is 22.5. The van der Waals surface area contributed by atoms with Crippen molar-refractivity contribution in [3.8, 4) is 0 Å². The first-order valence-electron chi connectivity index (χ1n) is 10.2. The molecule has 4 heterocycles. The van der Waals surface area contributed by atoms with Crippen molar-refractivity contribution in [1.29, 1.82) is 0 Å². The summed E-state index contributed by atoms with van der Waals surface area (Å²) in [6.07, 6.45) is -3.36. The van der Waals surface area contributed by atoms with E-state index in [2.05, 4.69) is 35.7 Å². The summed E-state index contributed by atoms with van der Waals surface area (Å²) < 4.78 is 21.5. The van der Waals surface area contributed by atoms with Crippen molar-refractivity contribution in [2.45, 2.75) is 44.6 Å². The fraction of sp³-hybridized carbons (Fsp3) is 0.368. The maximum atomic E-state index is 14.1. The molecule has 0 spiro atoms. The molecule has 5 rings (SSSR count). The quantitative estimate of drug-likeness (QED) is 0.328. The van der Waals surface area contributed by atoms with Gasteiger partial charge in [0, 0.05) is 17.1 Å². The maximum absolute atomic E-state index is 14.1. The summed E-state index contributed by atoms with van der Waals surface area (Å²) in [6, 6.07) is 4.34. The largest absolute Gasteiger partial charge is 0.387 e. The molecule has 0 saturated carbocycles. The van der Waals surface area contributed by atoms with Gasteiger partial charge in [-0.25, -0.2) is 9.37 Å². The highest BCUT2D eigenvalue weighted by atomic mass is 35.5. The monoisotopic (exact) mass is 509 g/mol. The summed E-state index contributed by atoms with van der Waals surface area (Å²) in [6.45, 7) is 2.41. The van der Waals surface area contributed by atoms with Crippen LogP contribution in [0.15, 0.2) is 24.5 Å². The molecule has 34 heavy (non-hydrogen) atoms. The van der Waals surface area contributed by atoms with E-state index in [4.69, 9.17) is 27.9 Å². The molecule has 0 aliphatic carbocycles. The minimum absolute atomic E-state index is 0.0837. The van der Waals surface area contributed by atoms with Crippen molar-refractivity contribution in [2.24, 2.45) is 0 Å². The van der Waals surface area contributed by atoms with Crippen molar-refractivity contribution in [2.75, 3.05) is 5.32 Å². The second kappa shape index (κ2) is 9.00. The number of fused-ring (bicyclic) bond motifs is 1. The molecule has 1 aliphatic rings. The number of benzene rings is 1. The molecule has 1 fully saturated rings. The Morgan fingerprint density at radius 3 is 2.76 bits per heavy atom. The minimum Gasteiger partial charge on any atom is -0.387 e. The van der Waals surface area contributed by atoms with Gasteiger partial charge in [-0.2, -0.15) is 14.8 Å². The van der Waals surface area contributed by atoms with Crippen LogP contribution in [0.25, 0.3) is 11.2 Å². The van der Waals surface area contributed by atoms with E-state index in [0.717, 1.165) is 0 Å². The SMILES string of the molecule is CCn1nnc([C@H]2O[C@@H](n3cnc4c(NCc5ccc(Cl)cc5F)nc(Cl)nc43)[C@H](O)[C@@H]2O)n1. The number of rotatable bonds is 6. The number of nitrogens with one attached hydrogen (secondary N) is 1. The van der Waals surface area contributed by atoms with Gasteiger partial charge < -0.3 is 20.3 Å². The van der Waals surface area contributed by atoms with E-state index < -0.39 is 30.4 Å². The van der Waals surface area contributed by atoms with E-state index in [1.807, 2.05) is 6.92 Å². The zero-order valence-electron chi connectivity index (χ0n) is 17.5. The van der Waals surface area contributed by atoms with Gasteiger partial charge in [-0.15, -0.1) is 10.2 Å². The lowest BCUT2D eigenvalue weighted by atomic mass is 10.1. The summed E-state index contributed by atoms with van der Waals surface area (Å²) in [5.41, 5.74) is 0.906. The molecule has 4 atom stereocenters. The van der Waals surface area contributed by atoms with E-state index in [1.165, 1.54) is 21.8 Å². The van der Waals surface area contributed by atoms with E-state index in [-0.39, 0.29) is 34.1 Å². The number of aryl methyl sites for hydroxylation is 1. The summed E-state index contributed by atoms with van der Waals surface area (Å²) in [7, 11) is 0. The van der Waals surface area contributed by atoms with Crippen molar-refractivity contribution in [1.82, 2.24) is 39.7 Å². The van der Waals surface area contributed by atoms with E-state index in [9.17, 15) is 14.6 Å². The standard InChI is InChI=1S/C19H18Cl2FN9O3/c1-2-31-28-16(27-29-31)14-12(32)13(33)18(34-14)30-7-24-11-15(25-19(21)26-17(11)30)23-6-8-3-4-9(20)5-10(8)22/h3-5,7,12-14,18,32-33H,2,6H2,1H3,(H,23,25,26)/t12-,13+,14-,18+/m0/s1. The third-order valence-electron chi connectivity index (χ3n) is 5.37. The molecule has 1 aliphatic heterocycles. The van der Waals surface area contributed by atoms with Crippen LogP contribution >= 0.6 is 23.2 Å². The number of imidazole rings is 1. The van der Waals surface area contributed by atoms with Gasteiger partial charge in [-0.1, -0.05) is 17.7 Å². The zero-order valence-corrected chi connectivity index (χ0v) is 19.1. The molecule has 3 aromatic heterocycles. The average Bonchev–Trinajstić information content (AvgIpc) is 3.51. The third kappa shape index (κ3) is 4.05. The van der Waals surface area contributed by atoms with Crippen LogP contribution in [0, 0.1) is 5.82 Å². The average molecular weight is 510 g/mol. The number of anilines is 1. The van der Waals surface area contributed by atoms with E-state index in [1.54, 1.807) is 12.1 Å². The Balaban J connectivity index is 1.44. The van der Waals surface area contributed by atoms with Crippen LogP contribution in [-0.2, 0) is 17.8 Å². The number of aliphatic hydroxyl groups excluding tert-OH is 2. The van der Waals surface area contributed by atoms with Crippen LogP contribution in [0.4, 0.5) is 10.2 Å². The Kier molecular flexibility index (Phi) is 6.04. The van der Waals surface area contributed by atoms with Crippen LogP contribution in [0.2, 0.25) is 10.3 Å². The molecule has 1 aromatic carbocycles. The second-order valence-corrected chi connectivity index (χ2v) is 8.29. The van der Waals surface area contributed by atoms with Crippen molar-refractivity contribution in [3.63, 3.8) is 0 Å². The fourth-order valence-corrected chi connectivity index (χ4v) is 3.97. The predicted molar refractivity (Wildman–Crippen MR) is 117 cm³/mol. The molecule has 0 unspecified atom stereocenters. The Labute approximate surface area is 201 Å². The molecular formula is C19H18Cl2FN9O3. The Morgan fingerprint density at radius 2 is 2.03 bits per heavy atom. The Hall–Kier alpha value is -2.97. The summed E-state index contributed by atoms with van der Waals surface area (Å²) in [5, 5.41) is 36.3. The molecular weight excluding hydrogens is 492 g/mol. The summed E-state index contributed by atoms with van der Waals surface area (Å²) in [5.74, 6) is -0.0846. The molecule has 0 radical (unpaired) electrons. The van der Waals surface area contributed by atoms with Gasteiger partial charge in [0.25, 0.3) is 0 Å². The first-order valence-corrected chi connectivity index (χ1v) is 11.0. The number of hydrogen-bond donors (Lipinski definition) is 3. The molecule has 12 nitrogen and oxygen atoms in total. The highest BCUT2D eigenvalue weighted by molar-refractivity contribution is 6.30. The predicted octanol–water partition coefficient (Wildman–Crippen LogP) is 1.88. The second-order valence-electron chi connectivity index (χ2n) is 7.52. The molecule has 1 saturated heterocycles. The highest BCUT2D eigenvalue weighted by Crippen LogP contribution is 2.39. The van der Waals surface area contributed by atoms with Crippen LogP contribution in [-0.4, -0.2) is 62.1 Å². The van der Waals surface area contributed by atoms with Crippen molar-refractivity contribution >= 4 is 40.2 Å². The van der Waals surface area contributed by atoms with Crippen LogP contribution in [0.1, 0.15) is 30.6 Å². The van der Waals surface area contributed by atoms with Gasteiger partial charge in [-0.3, -0.25) is 4.57 Å². The van der Waals surface area contributed by atoms with E-state index >= 15 is 0 Å². The Bertz CT molecular complexity index is 1350. The lowest BCUT2D eigenvalue weighted by molar-refractivity contribution is -0.0384. The number of aliphatic hydroxyl groups is 2. The number of hydrogen-bond acceptors (Lipinski definition) is 10. The number of nitrogens with zero attached hydrogens (tertiary/aromatic N) is 8. The smallest absolute Gasteiger partial charge is 0.226 e. The topological polar surface area (TPSA) is 149 Å². The van der Waals surface area contributed by atoms with Gasteiger partial charge in [0.1, 0.15) is 18.0 Å². The fourth-order valence-electron chi connectivity index (χ4n) is 3.65. The minimum atomic E-state index is -1.34. The molecule has 0 amide bonds. The van der Waals surface area contributed by atoms with E-state index in [0.29, 0.717) is 17.6 Å². The van der Waals surface area contributed by atoms with Gasteiger partial charge in [0.05, 0.1) is 12.9 Å². The first-order chi connectivity index (χ1) is 16.4. The molecule has 178 valence electrons. The van der Waals surface area contributed by atoms with Crippen LogP contribution < -0.4 is 5.32 Å². The third-order valence-corrected chi connectivity index (χ3v) is 5.78.